The normalized spacial score (nSPS) is 20.7. The molecule has 2 unspecified atom stereocenters. The van der Waals surface area contributed by atoms with Gasteiger partial charge in [0.2, 0.25) is 17.7 Å². The van der Waals surface area contributed by atoms with E-state index in [0.29, 0.717) is 16.4 Å². The zero-order valence-corrected chi connectivity index (χ0v) is 20.5. The van der Waals surface area contributed by atoms with E-state index in [1.54, 1.807) is 24.3 Å². The lowest BCUT2D eigenvalue weighted by atomic mass is 9.76. The number of imide groups is 1. The van der Waals surface area contributed by atoms with Crippen molar-refractivity contribution in [3.05, 3.63) is 74.7 Å². The Labute approximate surface area is 204 Å². The fraction of sp³-hybridized carbons (Fsp3) is 0.280. The van der Waals surface area contributed by atoms with Crippen LogP contribution in [-0.4, -0.2) is 27.5 Å². The molecule has 0 spiro atoms. The first kappa shape index (κ1) is 22.6. The second kappa shape index (κ2) is 8.25. The predicted octanol–water partition coefficient (Wildman–Crippen LogP) is 3.80. The molecule has 0 saturated carbocycles. The van der Waals surface area contributed by atoms with Crippen molar-refractivity contribution < 1.29 is 14.4 Å². The molecule has 5 rings (SSSR count). The van der Waals surface area contributed by atoms with Crippen molar-refractivity contribution in [3.8, 4) is 0 Å². The van der Waals surface area contributed by atoms with Gasteiger partial charge in [0.1, 0.15) is 11.8 Å². The van der Waals surface area contributed by atoms with Crippen LogP contribution in [0.25, 0.3) is 0 Å². The largest absolute Gasteiger partial charge is 0.325 e. The minimum Gasteiger partial charge on any atom is -0.325 e. The maximum Gasteiger partial charge on any atom is 0.308 e. The number of hydrogen-bond acceptors (Lipinski definition) is 6. The molecule has 2 aliphatic heterocycles. The van der Waals surface area contributed by atoms with Gasteiger partial charge in [0.05, 0.1) is 16.6 Å². The van der Waals surface area contributed by atoms with E-state index < -0.39 is 16.6 Å². The van der Waals surface area contributed by atoms with Crippen LogP contribution in [0.1, 0.15) is 24.3 Å². The summed E-state index contributed by atoms with van der Waals surface area (Å²) in [5.41, 5.74) is 1.50. The van der Waals surface area contributed by atoms with Crippen molar-refractivity contribution >= 4 is 52.2 Å². The topological polar surface area (TPSA) is 88.5 Å². The minimum atomic E-state index is -0.734. The van der Waals surface area contributed by atoms with Crippen molar-refractivity contribution in [2.24, 2.45) is 5.92 Å². The molecule has 1 aromatic heterocycles. The highest BCUT2D eigenvalue weighted by Crippen LogP contribution is 2.54. The van der Waals surface area contributed by atoms with Crippen LogP contribution < -0.4 is 15.1 Å². The zero-order valence-electron chi connectivity index (χ0n) is 18.9. The zero-order chi connectivity index (χ0) is 24.2. The summed E-state index contributed by atoms with van der Waals surface area (Å²) in [4.78, 5) is 54.2. The number of fused-ring (bicyclic) bond motifs is 2. The van der Waals surface area contributed by atoms with Gasteiger partial charge in [-0.2, -0.15) is 0 Å². The summed E-state index contributed by atoms with van der Waals surface area (Å²) in [6, 6.07) is 16.3. The summed E-state index contributed by atoms with van der Waals surface area (Å²) in [5, 5.41) is 2.73. The summed E-state index contributed by atoms with van der Waals surface area (Å²) >= 11 is 2.27. The summed E-state index contributed by atoms with van der Waals surface area (Å²) in [6.07, 6.45) is 0. The Morgan fingerprint density at radius 1 is 1.00 bits per heavy atom. The molecule has 2 aromatic carbocycles. The van der Waals surface area contributed by atoms with E-state index in [-0.39, 0.29) is 29.1 Å². The minimum absolute atomic E-state index is 0.163. The first-order valence-electron chi connectivity index (χ1n) is 10.9. The summed E-state index contributed by atoms with van der Waals surface area (Å²) in [5.74, 6) is -1.47. The fourth-order valence-corrected chi connectivity index (χ4v) is 7.62. The van der Waals surface area contributed by atoms with Crippen molar-refractivity contribution in [1.29, 1.82) is 0 Å². The van der Waals surface area contributed by atoms with Crippen LogP contribution in [0.15, 0.2) is 64.4 Å². The van der Waals surface area contributed by atoms with Gasteiger partial charge in [-0.1, -0.05) is 72.8 Å². The number of nitrogens with one attached hydrogen (secondary N) is 1. The van der Waals surface area contributed by atoms with E-state index in [1.165, 1.54) is 21.2 Å². The van der Waals surface area contributed by atoms with Crippen LogP contribution in [0.5, 0.6) is 0 Å². The second-order valence-electron chi connectivity index (χ2n) is 9.09. The standard InChI is InChI=1S/C25H23N3O4S2/c1-14-9-11-16(12-10-14)28-21(30)18-19(22(28)31)33-23-20(25(18,2)3)34-24(32)27(23)13-17(29)26-15-7-5-4-6-8-15/h4-12,18-19H,13H2,1-3H3,(H,26,29). The van der Waals surface area contributed by atoms with Crippen molar-refractivity contribution in [2.75, 3.05) is 10.2 Å². The molecule has 7 nitrogen and oxygen atoms in total. The summed E-state index contributed by atoms with van der Waals surface area (Å²) in [7, 11) is 0. The van der Waals surface area contributed by atoms with E-state index in [4.69, 9.17) is 0 Å². The molecule has 174 valence electrons. The number of rotatable bonds is 4. The third-order valence-electron chi connectivity index (χ3n) is 6.35. The first-order chi connectivity index (χ1) is 16.2. The smallest absolute Gasteiger partial charge is 0.308 e. The molecule has 0 radical (unpaired) electrons. The molecule has 9 heteroatoms. The number of hydrogen-bond donors (Lipinski definition) is 1. The highest BCUT2D eigenvalue weighted by molar-refractivity contribution is 8.00. The first-order valence-corrected chi connectivity index (χ1v) is 12.6. The third-order valence-corrected chi connectivity index (χ3v) is 9.18. The number of anilines is 2. The summed E-state index contributed by atoms with van der Waals surface area (Å²) in [6.45, 7) is 5.58. The molecule has 2 atom stereocenters. The quantitative estimate of drug-likeness (QED) is 0.559. The molecule has 0 aliphatic carbocycles. The van der Waals surface area contributed by atoms with E-state index in [9.17, 15) is 19.2 Å². The SMILES string of the molecule is Cc1ccc(N2C(=O)C3Sc4c(sc(=O)n4CC(=O)Nc4ccccc4)C(C)(C)C3C2=O)cc1. The van der Waals surface area contributed by atoms with E-state index in [1.807, 2.05) is 51.1 Å². The van der Waals surface area contributed by atoms with Gasteiger partial charge in [-0.05, 0) is 31.2 Å². The van der Waals surface area contributed by atoms with Crippen LogP contribution in [0.3, 0.4) is 0 Å². The van der Waals surface area contributed by atoms with Crippen LogP contribution >= 0.6 is 23.1 Å². The van der Waals surface area contributed by atoms with Gasteiger partial charge in [0.15, 0.2) is 0 Å². The number of carbonyl (C=O) groups is 3. The molecule has 3 heterocycles. The average molecular weight is 494 g/mol. The van der Waals surface area contributed by atoms with Gasteiger partial charge in [-0.25, -0.2) is 4.90 Å². The molecule has 3 amide bonds. The number of thioether (sulfide) groups is 1. The lowest BCUT2D eigenvalue weighted by molar-refractivity contribution is -0.123. The van der Waals surface area contributed by atoms with E-state index in [2.05, 4.69) is 5.32 Å². The predicted molar refractivity (Wildman–Crippen MR) is 133 cm³/mol. The van der Waals surface area contributed by atoms with Crippen LogP contribution in [0.4, 0.5) is 11.4 Å². The Kier molecular flexibility index (Phi) is 5.49. The van der Waals surface area contributed by atoms with Gasteiger partial charge in [-0.15, -0.1) is 0 Å². The number of thiazole rings is 1. The highest BCUT2D eigenvalue weighted by atomic mass is 32.2. The number of aryl methyl sites for hydroxylation is 1. The Hall–Kier alpha value is -3.17. The van der Waals surface area contributed by atoms with Crippen molar-refractivity contribution in [2.45, 2.75) is 43.0 Å². The molecular weight excluding hydrogens is 470 g/mol. The Morgan fingerprint density at radius 2 is 1.68 bits per heavy atom. The number of para-hydroxylation sites is 1. The molecular formula is C25H23N3O4S2. The Morgan fingerprint density at radius 3 is 2.35 bits per heavy atom. The van der Waals surface area contributed by atoms with Crippen molar-refractivity contribution in [3.63, 3.8) is 0 Å². The van der Waals surface area contributed by atoms with Crippen molar-refractivity contribution in [1.82, 2.24) is 4.57 Å². The molecule has 1 saturated heterocycles. The van der Waals surface area contributed by atoms with Crippen LogP contribution in [0, 0.1) is 12.8 Å². The molecule has 2 aliphatic rings. The van der Waals surface area contributed by atoms with Gasteiger partial charge in [-0.3, -0.25) is 23.7 Å². The number of carbonyl (C=O) groups excluding carboxylic acids is 3. The number of nitrogens with zero attached hydrogens (tertiary/aromatic N) is 2. The maximum absolute atomic E-state index is 13.5. The van der Waals surface area contributed by atoms with Gasteiger partial charge >= 0.3 is 4.87 Å². The molecule has 34 heavy (non-hydrogen) atoms. The number of benzene rings is 2. The number of amides is 3. The lowest BCUT2D eigenvalue weighted by Gasteiger charge is -2.36. The number of aromatic nitrogens is 1. The van der Waals surface area contributed by atoms with Gasteiger partial charge < -0.3 is 5.32 Å². The Bertz CT molecular complexity index is 1360. The molecule has 1 N–H and O–H groups in total. The third kappa shape index (κ3) is 3.59. The van der Waals surface area contributed by atoms with Crippen LogP contribution in [-0.2, 0) is 26.3 Å². The average Bonchev–Trinajstić information content (AvgIpc) is 3.24. The molecule has 3 aromatic rings. The van der Waals surface area contributed by atoms with E-state index in [0.717, 1.165) is 21.8 Å². The lowest BCUT2D eigenvalue weighted by Crippen LogP contribution is -2.41. The second-order valence-corrected chi connectivity index (χ2v) is 11.2. The van der Waals surface area contributed by atoms with Gasteiger partial charge in [0, 0.05) is 16.0 Å². The molecule has 1 fully saturated rings. The summed E-state index contributed by atoms with van der Waals surface area (Å²) < 4.78 is 1.42. The maximum atomic E-state index is 13.5. The molecule has 0 bridgehead atoms. The fourth-order valence-electron chi connectivity index (χ4n) is 4.58. The van der Waals surface area contributed by atoms with Gasteiger partial charge in [0.25, 0.3) is 0 Å². The highest BCUT2D eigenvalue weighted by Gasteiger charge is 2.59. The Balaban J connectivity index is 1.48. The monoisotopic (exact) mass is 493 g/mol. The van der Waals surface area contributed by atoms with E-state index >= 15 is 0 Å². The van der Waals surface area contributed by atoms with Crippen LogP contribution in [0.2, 0.25) is 0 Å².